The van der Waals surface area contributed by atoms with Crippen LogP contribution in [0.15, 0.2) is 59.0 Å². The first kappa shape index (κ1) is 14.6. The molecular weight excluding hydrogens is 324 g/mol. The quantitative estimate of drug-likeness (QED) is 0.519. The Kier molecular flexibility index (Phi) is 3.59. The molecule has 0 aliphatic heterocycles. The standard InChI is InChI=1S/C18H12N2O3S/c1-22-18(21)14-15(17-19-12-9-5-6-10-13(12)24-17)23-16(20-14)11-7-3-2-4-8-11/h2-10H,1H3. The predicted octanol–water partition coefficient (Wildman–Crippen LogP) is 4.40. The van der Waals surface area contributed by atoms with Crippen LogP contribution in [0.1, 0.15) is 10.5 Å². The molecule has 0 bridgehead atoms. The highest BCUT2D eigenvalue weighted by atomic mass is 32.1. The second-order valence-corrected chi connectivity index (χ2v) is 6.07. The first-order valence-corrected chi connectivity index (χ1v) is 8.08. The van der Waals surface area contributed by atoms with E-state index in [1.54, 1.807) is 0 Å². The van der Waals surface area contributed by atoms with E-state index in [0.717, 1.165) is 15.8 Å². The highest BCUT2D eigenvalue weighted by Crippen LogP contribution is 2.35. The number of rotatable bonds is 3. The monoisotopic (exact) mass is 336 g/mol. The van der Waals surface area contributed by atoms with Gasteiger partial charge in [-0.25, -0.2) is 14.8 Å². The summed E-state index contributed by atoms with van der Waals surface area (Å²) in [6.45, 7) is 0. The minimum atomic E-state index is -0.546. The summed E-state index contributed by atoms with van der Waals surface area (Å²) in [6.07, 6.45) is 0. The molecule has 4 aromatic rings. The van der Waals surface area contributed by atoms with E-state index in [2.05, 4.69) is 9.97 Å². The number of carbonyl (C=O) groups excluding carboxylic acids is 1. The Bertz CT molecular complexity index is 988. The van der Waals surface area contributed by atoms with Gasteiger partial charge in [0.25, 0.3) is 0 Å². The molecule has 2 heterocycles. The zero-order valence-electron chi connectivity index (χ0n) is 12.7. The van der Waals surface area contributed by atoms with E-state index in [-0.39, 0.29) is 5.69 Å². The van der Waals surface area contributed by atoms with Crippen LogP contribution in [-0.2, 0) is 4.74 Å². The Labute approximate surface area is 141 Å². The summed E-state index contributed by atoms with van der Waals surface area (Å²) in [5.74, 6) is 0.155. The second kappa shape index (κ2) is 5.90. The zero-order chi connectivity index (χ0) is 16.5. The number of para-hydroxylation sites is 1. The lowest BCUT2D eigenvalue weighted by Gasteiger charge is -1.94. The molecule has 0 amide bonds. The molecule has 0 saturated heterocycles. The number of aromatic nitrogens is 2. The van der Waals surface area contributed by atoms with Gasteiger partial charge in [0, 0.05) is 5.56 Å². The van der Waals surface area contributed by atoms with Crippen molar-refractivity contribution in [2.45, 2.75) is 0 Å². The third kappa shape index (κ3) is 2.47. The molecule has 0 saturated carbocycles. The van der Waals surface area contributed by atoms with Gasteiger partial charge in [0.15, 0.2) is 16.5 Å². The van der Waals surface area contributed by atoms with Crippen LogP contribution in [0.3, 0.4) is 0 Å². The van der Waals surface area contributed by atoms with Crippen LogP contribution in [0.4, 0.5) is 0 Å². The van der Waals surface area contributed by atoms with Gasteiger partial charge in [0.2, 0.25) is 5.89 Å². The number of oxazole rings is 1. The van der Waals surface area contributed by atoms with Crippen molar-refractivity contribution in [2.75, 3.05) is 7.11 Å². The fraction of sp³-hybridized carbons (Fsp3) is 0.0556. The van der Waals surface area contributed by atoms with Crippen LogP contribution in [-0.4, -0.2) is 23.0 Å². The average Bonchev–Trinajstić information content (AvgIpc) is 3.25. The third-order valence-electron chi connectivity index (χ3n) is 3.51. The minimum Gasteiger partial charge on any atom is -0.464 e. The zero-order valence-corrected chi connectivity index (χ0v) is 13.5. The lowest BCUT2D eigenvalue weighted by Crippen LogP contribution is -2.03. The van der Waals surface area contributed by atoms with Crippen LogP contribution in [0.5, 0.6) is 0 Å². The lowest BCUT2D eigenvalue weighted by atomic mass is 10.2. The highest BCUT2D eigenvalue weighted by Gasteiger charge is 2.25. The van der Waals surface area contributed by atoms with Crippen LogP contribution in [0.25, 0.3) is 32.4 Å². The maximum Gasteiger partial charge on any atom is 0.360 e. The maximum absolute atomic E-state index is 12.1. The summed E-state index contributed by atoms with van der Waals surface area (Å²) < 4.78 is 11.7. The minimum absolute atomic E-state index is 0.135. The van der Waals surface area contributed by atoms with Crippen LogP contribution in [0.2, 0.25) is 0 Å². The summed E-state index contributed by atoms with van der Waals surface area (Å²) in [5, 5.41) is 0.603. The molecule has 6 heteroatoms. The van der Waals surface area contributed by atoms with Crippen molar-refractivity contribution in [1.82, 2.24) is 9.97 Å². The van der Waals surface area contributed by atoms with Gasteiger partial charge in [-0.1, -0.05) is 30.3 Å². The van der Waals surface area contributed by atoms with Gasteiger partial charge in [-0.3, -0.25) is 0 Å². The van der Waals surface area contributed by atoms with Crippen molar-refractivity contribution in [3.8, 4) is 22.2 Å². The number of carbonyl (C=O) groups is 1. The summed E-state index contributed by atoms with van der Waals surface area (Å²) in [5.41, 5.74) is 1.77. The topological polar surface area (TPSA) is 65.2 Å². The number of hydrogen-bond donors (Lipinski definition) is 0. The number of esters is 1. The fourth-order valence-electron chi connectivity index (χ4n) is 2.37. The van der Waals surface area contributed by atoms with Crippen molar-refractivity contribution in [3.05, 3.63) is 60.3 Å². The lowest BCUT2D eigenvalue weighted by molar-refractivity contribution is 0.0595. The molecule has 0 unspecified atom stereocenters. The van der Waals surface area contributed by atoms with Gasteiger partial charge in [0.1, 0.15) is 0 Å². The second-order valence-electron chi connectivity index (χ2n) is 5.04. The molecule has 2 aromatic carbocycles. The number of ether oxygens (including phenoxy) is 1. The Balaban J connectivity index is 1.89. The van der Waals surface area contributed by atoms with E-state index in [4.69, 9.17) is 9.15 Å². The van der Waals surface area contributed by atoms with Gasteiger partial charge in [-0.2, -0.15) is 0 Å². The predicted molar refractivity (Wildman–Crippen MR) is 91.9 cm³/mol. The molecule has 0 fully saturated rings. The van der Waals surface area contributed by atoms with E-state index < -0.39 is 5.97 Å². The molecule has 0 aliphatic carbocycles. The fourth-order valence-corrected chi connectivity index (χ4v) is 3.32. The molecule has 24 heavy (non-hydrogen) atoms. The Morgan fingerprint density at radius 3 is 2.54 bits per heavy atom. The van der Waals surface area contributed by atoms with Crippen molar-refractivity contribution < 1.29 is 13.9 Å². The largest absolute Gasteiger partial charge is 0.464 e. The summed E-state index contributed by atoms with van der Waals surface area (Å²) in [4.78, 5) is 21.0. The van der Waals surface area contributed by atoms with Crippen molar-refractivity contribution in [1.29, 1.82) is 0 Å². The molecule has 5 nitrogen and oxygen atoms in total. The number of fused-ring (bicyclic) bond motifs is 1. The molecule has 4 rings (SSSR count). The summed E-state index contributed by atoms with van der Waals surface area (Å²) in [7, 11) is 1.32. The molecule has 0 spiro atoms. The van der Waals surface area contributed by atoms with Gasteiger partial charge < -0.3 is 9.15 Å². The highest BCUT2D eigenvalue weighted by molar-refractivity contribution is 7.21. The third-order valence-corrected chi connectivity index (χ3v) is 4.55. The van der Waals surface area contributed by atoms with Crippen molar-refractivity contribution >= 4 is 27.5 Å². The molecule has 0 radical (unpaired) electrons. The first-order valence-electron chi connectivity index (χ1n) is 7.27. The first-order chi connectivity index (χ1) is 11.8. The van der Waals surface area contributed by atoms with Gasteiger partial charge in [-0.15, -0.1) is 11.3 Å². The number of benzene rings is 2. The maximum atomic E-state index is 12.1. The molecule has 0 atom stereocenters. The van der Waals surface area contributed by atoms with E-state index in [9.17, 15) is 4.79 Å². The molecule has 0 N–H and O–H groups in total. The SMILES string of the molecule is COC(=O)c1nc(-c2ccccc2)oc1-c1nc2ccccc2s1. The average molecular weight is 336 g/mol. The van der Waals surface area contributed by atoms with Crippen molar-refractivity contribution in [3.63, 3.8) is 0 Å². The Hall–Kier alpha value is -2.99. The Morgan fingerprint density at radius 1 is 1.04 bits per heavy atom. The summed E-state index contributed by atoms with van der Waals surface area (Å²) >= 11 is 1.45. The summed E-state index contributed by atoms with van der Waals surface area (Å²) in [6, 6.07) is 17.2. The number of thiazole rings is 1. The molecule has 0 aliphatic rings. The smallest absolute Gasteiger partial charge is 0.360 e. The molecule has 118 valence electrons. The van der Waals surface area contributed by atoms with Crippen LogP contribution >= 0.6 is 11.3 Å². The van der Waals surface area contributed by atoms with Gasteiger partial charge in [0.05, 0.1) is 17.3 Å². The molecule has 2 aromatic heterocycles. The van der Waals surface area contributed by atoms with Gasteiger partial charge in [-0.05, 0) is 24.3 Å². The van der Waals surface area contributed by atoms with E-state index >= 15 is 0 Å². The van der Waals surface area contributed by atoms with Crippen LogP contribution in [0, 0.1) is 0 Å². The number of nitrogens with zero attached hydrogens (tertiary/aromatic N) is 2. The Morgan fingerprint density at radius 2 is 1.79 bits per heavy atom. The van der Waals surface area contributed by atoms with Crippen LogP contribution < -0.4 is 0 Å². The van der Waals surface area contributed by atoms with Gasteiger partial charge >= 0.3 is 5.97 Å². The molecular formula is C18H12N2O3S. The number of hydrogen-bond acceptors (Lipinski definition) is 6. The normalized spacial score (nSPS) is 10.9. The van der Waals surface area contributed by atoms with E-state index in [1.165, 1.54) is 18.4 Å². The van der Waals surface area contributed by atoms with Crippen molar-refractivity contribution in [2.24, 2.45) is 0 Å². The number of methoxy groups -OCH3 is 1. The van der Waals surface area contributed by atoms with E-state index in [1.807, 2.05) is 54.6 Å². The van der Waals surface area contributed by atoms with E-state index in [0.29, 0.717) is 16.7 Å².